The second-order valence-electron chi connectivity index (χ2n) is 2.17. The van der Waals surface area contributed by atoms with Gasteiger partial charge in [0.25, 0.3) is 0 Å². The molecule has 0 unspecified atom stereocenters. The summed E-state index contributed by atoms with van der Waals surface area (Å²) in [6, 6.07) is 6.72. The van der Waals surface area contributed by atoms with Crippen LogP contribution in [0.4, 0.5) is 16.2 Å². The van der Waals surface area contributed by atoms with Crippen molar-refractivity contribution >= 4 is 40.3 Å². The number of amides is 2. The number of hydrogen-bond acceptors (Lipinski definition) is 2. The van der Waals surface area contributed by atoms with E-state index in [9.17, 15) is 4.79 Å². The van der Waals surface area contributed by atoms with Crippen LogP contribution in [0.2, 0.25) is 0 Å². The van der Waals surface area contributed by atoms with E-state index in [2.05, 4.69) is 8.85 Å². The molecule has 0 heterocycles. The van der Waals surface area contributed by atoms with Crippen LogP contribution in [0.15, 0.2) is 24.3 Å². The highest BCUT2D eigenvalue weighted by Gasteiger charge is 1.97. The predicted molar refractivity (Wildman–Crippen MR) is 57.0 cm³/mol. The van der Waals surface area contributed by atoms with Gasteiger partial charge in [0.05, 0.1) is 22.9 Å². The standard InChI is InChI=1S/C7H8IN3O/c8-11-7(12)10-6-3-1-2-5(9)4-6/h1-4H,9H2,(H2,10,11,12). The third kappa shape index (κ3) is 2.57. The van der Waals surface area contributed by atoms with Gasteiger partial charge in [0.1, 0.15) is 0 Å². The molecule has 2 amide bonds. The van der Waals surface area contributed by atoms with Gasteiger partial charge in [-0.1, -0.05) is 6.07 Å². The van der Waals surface area contributed by atoms with Gasteiger partial charge in [-0.2, -0.15) is 0 Å². The highest BCUT2D eigenvalue weighted by Crippen LogP contribution is 2.11. The molecule has 64 valence electrons. The molecule has 1 aromatic carbocycles. The SMILES string of the molecule is Nc1cccc(NC(=O)NI)c1. The quantitative estimate of drug-likeness (QED) is 0.416. The van der Waals surface area contributed by atoms with Crippen molar-refractivity contribution in [2.75, 3.05) is 11.1 Å². The molecule has 0 saturated carbocycles. The Kier molecular flexibility index (Phi) is 3.15. The lowest BCUT2D eigenvalue weighted by atomic mass is 10.3. The molecule has 4 N–H and O–H groups in total. The second-order valence-corrected chi connectivity index (χ2v) is 2.71. The molecule has 0 spiro atoms. The lowest BCUT2D eigenvalue weighted by Crippen LogP contribution is -2.19. The molecule has 0 aromatic heterocycles. The lowest BCUT2D eigenvalue weighted by molar-refractivity contribution is 0.258. The van der Waals surface area contributed by atoms with Crippen LogP contribution in [0.3, 0.4) is 0 Å². The molecule has 1 aromatic rings. The third-order valence-corrected chi connectivity index (χ3v) is 1.72. The van der Waals surface area contributed by atoms with Gasteiger partial charge < -0.3 is 11.1 Å². The molecule has 0 bridgehead atoms. The van der Waals surface area contributed by atoms with Crippen LogP contribution in [-0.4, -0.2) is 6.03 Å². The molecular formula is C7H8IN3O. The second kappa shape index (κ2) is 4.15. The maximum absolute atomic E-state index is 10.8. The van der Waals surface area contributed by atoms with Gasteiger partial charge in [-0.15, -0.1) is 0 Å². The Hall–Kier alpha value is -0.980. The first kappa shape index (κ1) is 9.11. The summed E-state index contributed by atoms with van der Waals surface area (Å²) in [5.74, 6) is 0. The minimum Gasteiger partial charge on any atom is -0.399 e. The predicted octanol–water partition coefficient (Wildman–Crippen LogP) is 1.74. The van der Waals surface area contributed by atoms with Crippen molar-refractivity contribution in [3.63, 3.8) is 0 Å². The minimum absolute atomic E-state index is 0.263. The Morgan fingerprint density at radius 1 is 1.50 bits per heavy atom. The minimum atomic E-state index is -0.263. The normalized spacial score (nSPS) is 9.08. The summed E-state index contributed by atoms with van der Waals surface area (Å²) < 4.78 is 2.41. The summed E-state index contributed by atoms with van der Waals surface area (Å²) in [5.41, 5.74) is 6.81. The van der Waals surface area contributed by atoms with Gasteiger partial charge in [-0.3, -0.25) is 3.53 Å². The Morgan fingerprint density at radius 3 is 2.83 bits per heavy atom. The maximum Gasteiger partial charge on any atom is 0.327 e. The van der Waals surface area contributed by atoms with E-state index in [4.69, 9.17) is 5.73 Å². The van der Waals surface area contributed by atoms with E-state index in [1.165, 1.54) is 0 Å². The Morgan fingerprint density at radius 2 is 2.25 bits per heavy atom. The smallest absolute Gasteiger partial charge is 0.327 e. The molecule has 0 radical (unpaired) electrons. The van der Waals surface area contributed by atoms with Gasteiger partial charge in [0.2, 0.25) is 0 Å². The van der Waals surface area contributed by atoms with E-state index in [0.29, 0.717) is 11.4 Å². The average Bonchev–Trinajstić information content (AvgIpc) is 2.04. The fourth-order valence-electron chi connectivity index (χ4n) is 0.771. The van der Waals surface area contributed by atoms with Gasteiger partial charge in [0, 0.05) is 11.4 Å². The third-order valence-electron chi connectivity index (χ3n) is 1.23. The Bertz CT molecular complexity index is 290. The highest BCUT2D eigenvalue weighted by molar-refractivity contribution is 14.1. The largest absolute Gasteiger partial charge is 0.399 e. The van der Waals surface area contributed by atoms with Crippen LogP contribution in [0.25, 0.3) is 0 Å². The highest BCUT2D eigenvalue weighted by atomic mass is 127. The summed E-state index contributed by atoms with van der Waals surface area (Å²) in [6.45, 7) is 0. The first-order chi connectivity index (χ1) is 5.72. The zero-order valence-electron chi connectivity index (χ0n) is 6.17. The topological polar surface area (TPSA) is 67.1 Å². The average molecular weight is 277 g/mol. The lowest BCUT2D eigenvalue weighted by Gasteiger charge is -2.02. The van der Waals surface area contributed by atoms with Gasteiger partial charge >= 0.3 is 6.03 Å². The molecule has 12 heavy (non-hydrogen) atoms. The molecule has 1 rings (SSSR count). The number of rotatable bonds is 1. The van der Waals surface area contributed by atoms with Crippen molar-refractivity contribution in [1.82, 2.24) is 3.53 Å². The zero-order valence-corrected chi connectivity index (χ0v) is 8.33. The number of hydrogen-bond donors (Lipinski definition) is 3. The van der Waals surface area contributed by atoms with Crippen LogP contribution >= 0.6 is 22.9 Å². The first-order valence-electron chi connectivity index (χ1n) is 3.25. The van der Waals surface area contributed by atoms with Crippen LogP contribution in [-0.2, 0) is 0 Å². The van der Waals surface area contributed by atoms with E-state index < -0.39 is 0 Å². The number of nitrogen functional groups attached to an aromatic ring is 1. The molecule has 0 saturated heterocycles. The molecule has 0 atom stereocenters. The van der Waals surface area contributed by atoms with Gasteiger partial charge in [-0.05, 0) is 18.2 Å². The maximum atomic E-state index is 10.8. The summed E-state index contributed by atoms with van der Waals surface area (Å²) in [5, 5.41) is 2.59. The summed E-state index contributed by atoms with van der Waals surface area (Å²) in [4.78, 5) is 10.8. The number of urea groups is 1. The number of halogens is 1. The van der Waals surface area contributed by atoms with Gasteiger partial charge in [-0.25, -0.2) is 4.79 Å². The summed E-state index contributed by atoms with van der Waals surface area (Å²) in [7, 11) is 0. The molecular weight excluding hydrogens is 269 g/mol. The first-order valence-corrected chi connectivity index (χ1v) is 4.33. The molecule has 4 nitrogen and oxygen atoms in total. The molecule has 0 aliphatic heterocycles. The molecule has 0 fully saturated rings. The summed E-state index contributed by atoms with van der Waals surface area (Å²) >= 11 is 1.76. The molecule has 0 aliphatic rings. The van der Waals surface area contributed by atoms with Crippen LogP contribution in [0.5, 0.6) is 0 Å². The molecule has 0 aliphatic carbocycles. The summed E-state index contributed by atoms with van der Waals surface area (Å²) in [6.07, 6.45) is 0. The van der Waals surface area contributed by atoms with E-state index >= 15 is 0 Å². The fraction of sp³-hybridized carbons (Fsp3) is 0. The monoisotopic (exact) mass is 277 g/mol. The van der Waals surface area contributed by atoms with Gasteiger partial charge in [0.15, 0.2) is 0 Å². The zero-order chi connectivity index (χ0) is 8.97. The number of anilines is 2. The van der Waals surface area contributed by atoms with Crippen LogP contribution in [0, 0.1) is 0 Å². The van der Waals surface area contributed by atoms with Crippen molar-refractivity contribution in [3.05, 3.63) is 24.3 Å². The van der Waals surface area contributed by atoms with E-state index in [-0.39, 0.29) is 6.03 Å². The Balaban J connectivity index is 2.69. The number of nitrogens with two attached hydrogens (primary N) is 1. The van der Waals surface area contributed by atoms with Crippen molar-refractivity contribution in [1.29, 1.82) is 0 Å². The molecule has 5 heteroatoms. The van der Waals surface area contributed by atoms with E-state index in [0.717, 1.165) is 0 Å². The van der Waals surface area contributed by atoms with Crippen LogP contribution < -0.4 is 14.6 Å². The number of carbonyl (C=O) groups excluding carboxylic acids is 1. The number of benzene rings is 1. The fourth-order valence-corrected chi connectivity index (χ4v) is 0.906. The Labute approximate surface area is 84.0 Å². The van der Waals surface area contributed by atoms with Crippen molar-refractivity contribution in [3.8, 4) is 0 Å². The van der Waals surface area contributed by atoms with Crippen molar-refractivity contribution in [2.45, 2.75) is 0 Å². The van der Waals surface area contributed by atoms with E-state index in [1.807, 2.05) is 0 Å². The van der Waals surface area contributed by atoms with Crippen LogP contribution in [0.1, 0.15) is 0 Å². The van der Waals surface area contributed by atoms with E-state index in [1.54, 1.807) is 47.1 Å². The number of nitrogens with one attached hydrogen (secondary N) is 2. The number of carbonyl (C=O) groups is 1. The van der Waals surface area contributed by atoms with Crippen molar-refractivity contribution in [2.24, 2.45) is 0 Å². The van der Waals surface area contributed by atoms with Crippen molar-refractivity contribution < 1.29 is 4.79 Å².